The fourth-order valence-electron chi connectivity index (χ4n) is 3.54. The van der Waals surface area contributed by atoms with Crippen molar-refractivity contribution in [3.8, 4) is 0 Å². The number of rotatable bonds is 4. The number of aromatic nitrogens is 1. The molecule has 0 bridgehead atoms. The third-order valence-electron chi connectivity index (χ3n) is 5.05. The molecule has 3 aliphatic heterocycles. The summed E-state index contributed by atoms with van der Waals surface area (Å²) in [6.07, 6.45) is 8.91. The summed E-state index contributed by atoms with van der Waals surface area (Å²) >= 11 is 0. The predicted molar refractivity (Wildman–Crippen MR) is 105 cm³/mol. The van der Waals surface area contributed by atoms with Crippen molar-refractivity contribution in [2.45, 2.75) is 25.6 Å². The molecule has 4 rings (SSSR count). The van der Waals surface area contributed by atoms with Crippen molar-refractivity contribution in [3.63, 3.8) is 0 Å². The van der Waals surface area contributed by atoms with E-state index in [9.17, 15) is 9.18 Å². The normalized spacial score (nSPS) is 25.7. The van der Waals surface area contributed by atoms with Crippen LogP contribution in [0.25, 0.3) is 0 Å². The lowest BCUT2D eigenvalue weighted by molar-refractivity contribution is -0.111. The molecule has 0 spiro atoms. The lowest BCUT2D eigenvalue weighted by Crippen LogP contribution is -2.39. The highest BCUT2D eigenvalue weighted by Crippen LogP contribution is 2.21. The van der Waals surface area contributed by atoms with Crippen molar-refractivity contribution in [3.05, 3.63) is 59.7 Å². The lowest BCUT2D eigenvalue weighted by atomic mass is 10.1. The maximum Gasteiger partial charge on any atom is 0.326 e. The van der Waals surface area contributed by atoms with Crippen LogP contribution in [0.3, 0.4) is 0 Å². The number of amides is 2. The highest BCUT2D eigenvalue weighted by molar-refractivity contribution is 6.05. The second-order valence-corrected chi connectivity index (χ2v) is 7.26. The quantitative estimate of drug-likeness (QED) is 0.660. The number of carbonyl (C=O) groups is 1. The Bertz CT molecular complexity index is 875. The minimum Gasteiger partial charge on any atom is -0.385 e. The highest BCUT2D eigenvalue weighted by atomic mass is 19.1. The number of alkyl halides is 1. The summed E-state index contributed by atoms with van der Waals surface area (Å²) in [5.74, 6) is 0.753. The van der Waals surface area contributed by atoms with Crippen molar-refractivity contribution in [1.29, 1.82) is 0 Å². The third kappa shape index (κ3) is 3.76. The number of dihydropyridines is 1. The molecule has 146 valence electrons. The number of nitrogens with two attached hydrogens (primary N) is 1. The first-order chi connectivity index (χ1) is 13.5. The van der Waals surface area contributed by atoms with Crippen LogP contribution in [0.5, 0.6) is 0 Å². The van der Waals surface area contributed by atoms with Gasteiger partial charge in [-0.2, -0.15) is 0 Å². The Balaban J connectivity index is 1.43. The molecular weight excluding hydrogens is 359 g/mol. The van der Waals surface area contributed by atoms with Gasteiger partial charge in [0.1, 0.15) is 12.0 Å². The summed E-state index contributed by atoms with van der Waals surface area (Å²) in [5.41, 5.74) is 2.86. The van der Waals surface area contributed by atoms with Gasteiger partial charge < -0.3 is 15.5 Å². The van der Waals surface area contributed by atoms with Crippen LogP contribution in [0.2, 0.25) is 0 Å². The Morgan fingerprint density at radius 2 is 2.29 bits per heavy atom. The van der Waals surface area contributed by atoms with E-state index in [0.29, 0.717) is 31.8 Å². The third-order valence-corrected chi connectivity index (χ3v) is 5.05. The van der Waals surface area contributed by atoms with Gasteiger partial charge in [0.25, 0.3) is 0 Å². The molecule has 1 aromatic rings. The average Bonchev–Trinajstić information content (AvgIpc) is 3.27. The van der Waals surface area contributed by atoms with Gasteiger partial charge in [-0.3, -0.25) is 10.3 Å². The number of allylic oxidation sites excluding steroid dienone is 2. The minimum atomic E-state index is -0.787. The van der Waals surface area contributed by atoms with Crippen molar-refractivity contribution >= 4 is 17.6 Å². The average molecular weight is 383 g/mol. The number of hydrogen-bond donors (Lipinski definition) is 3. The van der Waals surface area contributed by atoms with Gasteiger partial charge in [0.15, 0.2) is 0 Å². The second-order valence-electron chi connectivity index (χ2n) is 7.26. The van der Waals surface area contributed by atoms with E-state index >= 15 is 0 Å². The summed E-state index contributed by atoms with van der Waals surface area (Å²) in [7, 11) is 0. The van der Waals surface area contributed by atoms with Crippen LogP contribution in [-0.4, -0.2) is 53.5 Å². The van der Waals surface area contributed by atoms with E-state index in [1.54, 1.807) is 17.2 Å². The molecule has 2 atom stereocenters. The first kappa shape index (κ1) is 18.2. The van der Waals surface area contributed by atoms with Crippen molar-refractivity contribution in [1.82, 2.24) is 20.5 Å². The van der Waals surface area contributed by atoms with Gasteiger partial charge in [0.2, 0.25) is 5.71 Å². The molecule has 1 unspecified atom stereocenters. The smallest absolute Gasteiger partial charge is 0.326 e. The molecule has 2 saturated heterocycles. The van der Waals surface area contributed by atoms with E-state index < -0.39 is 6.17 Å². The van der Waals surface area contributed by atoms with E-state index in [0.717, 1.165) is 22.8 Å². The monoisotopic (exact) mass is 383 g/mol. The van der Waals surface area contributed by atoms with Crippen LogP contribution >= 0.6 is 0 Å². The molecule has 2 amide bonds. The first-order valence-corrected chi connectivity index (χ1v) is 9.41. The number of hydrogen-bond acceptors (Lipinski definition) is 4. The molecule has 7 nitrogen and oxygen atoms in total. The molecule has 8 heteroatoms. The number of urea groups is 1. The number of pyridine rings is 1. The molecular formula is C20H24FN6O+. The summed E-state index contributed by atoms with van der Waals surface area (Å²) in [6, 6.07) is 3.72. The number of nitrogens with one attached hydrogen (secondary N) is 2. The summed E-state index contributed by atoms with van der Waals surface area (Å²) in [4.78, 5) is 20.3. The van der Waals surface area contributed by atoms with E-state index in [4.69, 9.17) is 5.41 Å². The fraction of sp³-hybridized carbons (Fsp3) is 0.350. The largest absolute Gasteiger partial charge is 0.385 e. The first-order valence-electron chi connectivity index (χ1n) is 9.41. The fourth-order valence-corrected chi connectivity index (χ4v) is 3.54. The Morgan fingerprint density at radius 1 is 1.43 bits per heavy atom. The van der Waals surface area contributed by atoms with Crippen LogP contribution in [-0.2, 0) is 0 Å². The molecule has 28 heavy (non-hydrogen) atoms. The van der Waals surface area contributed by atoms with E-state index in [-0.39, 0.29) is 12.1 Å². The predicted octanol–water partition coefficient (Wildman–Crippen LogP) is 0.476. The van der Waals surface area contributed by atoms with Gasteiger partial charge in [-0.05, 0) is 43.8 Å². The zero-order valence-electron chi connectivity index (χ0n) is 15.7. The number of carbonyl (C=O) groups excluding carboxylic acids is 1. The van der Waals surface area contributed by atoms with Crippen molar-refractivity contribution in [2.75, 3.05) is 24.5 Å². The van der Waals surface area contributed by atoms with E-state index in [2.05, 4.69) is 15.6 Å². The van der Waals surface area contributed by atoms with Gasteiger partial charge >= 0.3 is 6.03 Å². The van der Waals surface area contributed by atoms with Crippen molar-refractivity contribution in [2.24, 2.45) is 0 Å². The summed E-state index contributed by atoms with van der Waals surface area (Å²) in [6.45, 7) is 3.51. The minimum absolute atomic E-state index is 0.172. The molecule has 0 aromatic carbocycles. The molecule has 3 aliphatic rings. The lowest BCUT2D eigenvalue weighted by Gasteiger charge is -2.21. The van der Waals surface area contributed by atoms with Crippen LogP contribution in [0.15, 0.2) is 54.2 Å². The van der Waals surface area contributed by atoms with E-state index in [1.165, 1.54) is 0 Å². The van der Waals surface area contributed by atoms with E-state index in [1.807, 2.05) is 42.3 Å². The van der Waals surface area contributed by atoms with Crippen LogP contribution in [0.4, 0.5) is 15.0 Å². The summed E-state index contributed by atoms with van der Waals surface area (Å²) in [5, 5.41) is 12.2. The molecule has 2 fully saturated rings. The SMILES string of the molecule is CC1C=C(N2C/C(=C/C(=[NH2+])c3ccc(N4CC[C@H](F)C4)nc3)NC2=O)C=CN1. The van der Waals surface area contributed by atoms with Gasteiger partial charge in [-0.25, -0.2) is 14.2 Å². The highest BCUT2D eigenvalue weighted by Gasteiger charge is 2.28. The number of anilines is 1. The molecule has 0 radical (unpaired) electrons. The van der Waals surface area contributed by atoms with Crippen molar-refractivity contribution < 1.29 is 14.6 Å². The van der Waals surface area contributed by atoms with Crippen LogP contribution in [0.1, 0.15) is 18.9 Å². The topological polar surface area (TPSA) is 86.1 Å². The molecule has 4 heterocycles. The number of halogens is 1. The van der Waals surface area contributed by atoms with Gasteiger partial charge in [0, 0.05) is 36.3 Å². The molecule has 0 saturated carbocycles. The summed E-state index contributed by atoms with van der Waals surface area (Å²) < 4.78 is 13.4. The van der Waals surface area contributed by atoms with Gasteiger partial charge in [0.05, 0.1) is 18.7 Å². The Morgan fingerprint density at radius 3 is 2.96 bits per heavy atom. The maximum absolute atomic E-state index is 13.4. The Kier molecular flexibility index (Phi) is 4.85. The Labute approximate surface area is 163 Å². The zero-order chi connectivity index (χ0) is 19.7. The zero-order valence-corrected chi connectivity index (χ0v) is 15.7. The van der Waals surface area contributed by atoms with Crippen LogP contribution in [0, 0.1) is 0 Å². The van der Waals surface area contributed by atoms with Gasteiger partial charge in [-0.15, -0.1) is 0 Å². The maximum atomic E-state index is 13.4. The standard InChI is InChI=1S/C20H23FN6O/c1-13-8-17(4-6-23-13)27-12-16(25-20(27)28)9-18(22)14-2-3-19(24-10-14)26-7-5-15(21)11-26/h2-4,6,8-10,13,15,22-23H,5,7,11-12H2,1H3,(H,25,28)/p+1/b16-9-,22-18?/t13?,15-/m0/s1. The van der Waals surface area contributed by atoms with Gasteiger partial charge in [-0.1, -0.05) is 0 Å². The van der Waals surface area contributed by atoms with Crippen LogP contribution < -0.4 is 20.9 Å². The molecule has 1 aromatic heterocycles. The molecule has 0 aliphatic carbocycles. The second kappa shape index (κ2) is 7.46. The Hall–Kier alpha value is -3.16. The number of nitrogens with zero attached hydrogens (tertiary/aromatic N) is 3. The molecule has 4 N–H and O–H groups in total.